The summed E-state index contributed by atoms with van der Waals surface area (Å²) >= 11 is 0. The SMILES string of the molecule is CC(C)(C#N)CCCCOCCCc1ccccc1. The Balaban J connectivity index is 1.94. The van der Waals surface area contributed by atoms with E-state index in [0.717, 1.165) is 45.3 Å². The van der Waals surface area contributed by atoms with E-state index >= 15 is 0 Å². The minimum Gasteiger partial charge on any atom is -0.381 e. The van der Waals surface area contributed by atoms with Crippen LogP contribution in [0.5, 0.6) is 0 Å². The van der Waals surface area contributed by atoms with Crippen LogP contribution in [0.4, 0.5) is 0 Å². The van der Waals surface area contributed by atoms with Crippen molar-refractivity contribution in [2.24, 2.45) is 5.41 Å². The van der Waals surface area contributed by atoms with Crippen molar-refractivity contribution in [1.29, 1.82) is 5.26 Å². The molecule has 1 aromatic rings. The lowest BCUT2D eigenvalue weighted by Crippen LogP contribution is -2.08. The van der Waals surface area contributed by atoms with Gasteiger partial charge in [-0.2, -0.15) is 5.26 Å². The summed E-state index contributed by atoms with van der Waals surface area (Å²) in [6.45, 7) is 5.63. The Morgan fingerprint density at radius 3 is 2.42 bits per heavy atom. The first-order valence-corrected chi connectivity index (χ1v) is 7.17. The highest BCUT2D eigenvalue weighted by Gasteiger charge is 2.15. The molecule has 0 atom stereocenters. The molecule has 2 heteroatoms. The summed E-state index contributed by atoms with van der Waals surface area (Å²) in [5.41, 5.74) is 1.19. The Morgan fingerprint density at radius 1 is 1.05 bits per heavy atom. The van der Waals surface area contributed by atoms with Gasteiger partial charge in [0.25, 0.3) is 0 Å². The topological polar surface area (TPSA) is 33.0 Å². The molecular formula is C17H25NO. The van der Waals surface area contributed by atoms with Gasteiger partial charge in [-0.15, -0.1) is 0 Å². The third kappa shape index (κ3) is 7.64. The fourth-order valence-corrected chi connectivity index (χ4v) is 1.95. The van der Waals surface area contributed by atoms with Gasteiger partial charge in [-0.1, -0.05) is 30.3 Å². The third-order valence-electron chi connectivity index (χ3n) is 3.24. The smallest absolute Gasteiger partial charge is 0.0683 e. The molecular weight excluding hydrogens is 234 g/mol. The summed E-state index contributed by atoms with van der Waals surface area (Å²) in [4.78, 5) is 0. The molecule has 0 spiro atoms. The molecule has 1 rings (SSSR count). The molecule has 0 aromatic heterocycles. The van der Waals surface area contributed by atoms with Crippen molar-refractivity contribution >= 4 is 0 Å². The van der Waals surface area contributed by atoms with Crippen molar-refractivity contribution in [3.05, 3.63) is 35.9 Å². The molecule has 0 saturated heterocycles. The van der Waals surface area contributed by atoms with E-state index in [1.54, 1.807) is 0 Å². The number of nitriles is 1. The van der Waals surface area contributed by atoms with Gasteiger partial charge in [-0.05, 0) is 51.5 Å². The van der Waals surface area contributed by atoms with Gasteiger partial charge in [-0.3, -0.25) is 0 Å². The number of rotatable bonds is 9. The lowest BCUT2D eigenvalue weighted by atomic mass is 9.89. The minimum absolute atomic E-state index is 0.187. The molecule has 0 radical (unpaired) electrons. The number of hydrogen-bond acceptors (Lipinski definition) is 2. The highest BCUT2D eigenvalue weighted by molar-refractivity contribution is 5.14. The number of unbranched alkanes of at least 4 members (excludes halogenated alkanes) is 1. The van der Waals surface area contributed by atoms with Crippen LogP contribution in [0.25, 0.3) is 0 Å². The average molecular weight is 259 g/mol. The van der Waals surface area contributed by atoms with Gasteiger partial charge in [0.2, 0.25) is 0 Å². The maximum absolute atomic E-state index is 8.89. The predicted octanol–water partition coefficient (Wildman–Crippen LogP) is 4.36. The number of ether oxygens (including phenoxy) is 1. The van der Waals surface area contributed by atoms with Crippen LogP contribution >= 0.6 is 0 Å². The van der Waals surface area contributed by atoms with Crippen LogP contribution < -0.4 is 0 Å². The Morgan fingerprint density at radius 2 is 1.74 bits per heavy atom. The standard InChI is InChI=1S/C17H25NO/c1-17(2,15-18)12-6-7-13-19-14-8-11-16-9-4-3-5-10-16/h3-5,9-10H,6-8,11-14H2,1-2H3. The van der Waals surface area contributed by atoms with Crippen molar-refractivity contribution in [2.45, 2.75) is 46.0 Å². The molecule has 0 N–H and O–H groups in total. The van der Waals surface area contributed by atoms with Gasteiger partial charge in [0.1, 0.15) is 0 Å². The Hall–Kier alpha value is -1.33. The zero-order valence-corrected chi connectivity index (χ0v) is 12.2. The van der Waals surface area contributed by atoms with E-state index in [1.807, 2.05) is 19.9 Å². The third-order valence-corrected chi connectivity index (χ3v) is 3.24. The van der Waals surface area contributed by atoms with E-state index < -0.39 is 0 Å². The zero-order valence-electron chi connectivity index (χ0n) is 12.2. The predicted molar refractivity (Wildman–Crippen MR) is 78.8 cm³/mol. The van der Waals surface area contributed by atoms with Crippen molar-refractivity contribution in [1.82, 2.24) is 0 Å². The van der Waals surface area contributed by atoms with Crippen molar-refractivity contribution in [3.8, 4) is 6.07 Å². The van der Waals surface area contributed by atoms with E-state index in [9.17, 15) is 0 Å². The minimum atomic E-state index is -0.187. The number of hydrogen-bond donors (Lipinski definition) is 0. The largest absolute Gasteiger partial charge is 0.381 e. The monoisotopic (exact) mass is 259 g/mol. The second kappa shape index (κ2) is 8.72. The molecule has 0 unspecified atom stereocenters. The van der Waals surface area contributed by atoms with E-state index in [-0.39, 0.29) is 5.41 Å². The Kier molecular flexibility index (Phi) is 7.22. The normalized spacial score (nSPS) is 11.2. The first-order valence-electron chi connectivity index (χ1n) is 7.17. The lowest BCUT2D eigenvalue weighted by Gasteiger charge is -2.14. The van der Waals surface area contributed by atoms with E-state index in [4.69, 9.17) is 10.00 Å². The molecule has 0 aliphatic heterocycles. The summed E-state index contributed by atoms with van der Waals surface area (Å²) in [5.74, 6) is 0. The van der Waals surface area contributed by atoms with Crippen molar-refractivity contribution < 1.29 is 4.74 Å². The molecule has 0 bridgehead atoms. The molecule has 1 aromatic carbocycles. The molecule has 0 saturated carbocycles. The molecule has 104 valence electrons. The summed E-state index contributed by atoms with van der Waals surface area (Å²) in [7, 11) is 0. The molecule has 19 heavy (non-hydrogen) atoms. The van der Waals surface area contributed by atoms with Crippen LogP contribution in [-0.2, 0) is 11.2 Å². The average Bonchev–Trinajstić information content (AvgIpc) is 2.43. The molecule has 0 heterocycles. The summed E-state index contributed by atoms with van der Waals surface area (Å²) in [6.07, 6.45) is 5.24. The van der Waals surface area contributed by atoms with Crippen molar-refractivity contribution in [2.75, 3.05) is 13.2 Å². The van der Waals surface area contributed by atoms with Crippen LogP contribution in [0.1, 0.15) is 45.1 Å². The molecule has 2 nitrogen and oxygen atoms in total. The fourth-order valence-electron chi connectivity index (χ4n) is 1.95. The van der Waals surface area contributed by atoms with Crippen LogP contribution in [0.15, 0.2) is 30.3 Å². The second-order valence-electron chi connectivity index (χ2n) is 5.65. The first kappa shape index (κ1) is 15.7. The lowest BCUT2D eigenvalue weighted by molar-refractivity contribution is 0.126. The summed E-state index contributed by atoms with van der Waals surface area (Å²) in [5, 5.41) is 8.89. The zero-order chi connectivity index (χ0) is 14.0. The van der Waals surface area contributed by atoms with Gasteiger partial charge in [0.15, 0.2) is 0 Å². The number of nitrogens with zero attached hydrogens (tertiary/aromatic N) is 1. The quantitative estimate of drug-likeness (QED) is 0.617. The van der Waals surface area contributed by atoms with Crippen molar-refractivity contribution in [3.63, 3.8) is 0 Å². The fraction of sp³-hybridized carbons (Fsp3) is 0.588. The van der Waals surface area contributed by atoms with E-state index in [0.29, 0.717) is 0 Å². The molecule has 0 amide bonds. The Labute approximate surface area is 117 Å². The maximum atomic E-state index is 8.89. The van der Waals surface area contributed by atoms with Crippen LogP contribution in [-0.4, -0.2) is 13.2 Å². The number of benzene rings is 1. The van der Waals surface area contributed by atoms with Crippen LogP contribution in [0.3, 0.4) is 0 Å². The maximum Gasteiger partial charge on any atom is 0.0683 e. The first-order chi connectivity index (χ1) is 9.14. The highest BCUT2D eigenvalue weighted by atomic mass is 16.5. The summed E-state index contributed by atoms with van der Waals surface area (Å²) in [6, 6.07) is 12.8. The van der Waals surface area contributed by atoms with Gasteiger partial charge < -0.3 is 4.74 Å². The van der Waals surface area contributed by atoms with E-state index in [2.05, 4.69) is 30.3 Å². The van der Waals surface area contributed by atoms with Gasteiger partial charge in [-0.25, -0.2) is 0 Å². The van der Waals surface area contributed by atoms with E-state index in [1.165, 1.54) is 5.56 Å². The molecule has 0 aliphatic carbocycles. The highest BCUT2D eigenvalue weighted by Crippen LogP contribution is 2.21. The summed E-state index contributed by atoms with van der Waals surface area (Å²) < 4.78 is 5.62. The van der Waals surface area contributed by atoms with Gasteiger partial charge in [0.05, 0.1) is 11.5 Å². The molecule has 0 aliphatic rings. The van der Waals surface area contributed by atoms with Crippen LogP contribution in [0.2, 0.25) is 0 Å². The van der Waals surface area contributed by atoms with Crippen LogP contribution in [0, 0.1) is 16.7 Å². The Bertz CT molecular complexity index is 378. The van der Waals surface area contributed by atoms with Gasteiger partial charge in [0, 0.05) is 13.2 Å². The molecule has 0 fully saturated rings. The number of aryl methyl sites for hydroxylation is 1. The second-order valence-corrected chi connectivity index (χ2v) is 5.65. The van der Waals surface area contributed by atoms with Gasteiger partial charge >= 0.3 is 0 Å².